The Bertz CT molecular complexity index is 1700. The number of carbonyl (C=O) groups excluding carboxylic acids is 2. The lowest BCUT2D eigenvalue weighted by atomic mass is 9.96. The fraction of sp³-hybridized carbons (Fsp3) is 0.412. The van der Waals surface area contributed by atoms with Crippen LogP contribution < -0.4 is 4.90 Å². The standard InChI is InChI=1S/C34H41FN6O3/c1-22-9-14-28(31(42)40-16-15-38(21-34(40,7)8)27-12-10-25(35)11-13-27)30(17-22)41-20-26(36-37-41)19-39-23(2)18-29(24(39)3)32(43)44-33(4,5)6/h9-14,17-18,20H,15-16,19,21H2,1-8H3. The summed E-state index contributed by atoms with van der Waals surface area (Å²) in [6.07, 6.45) is 1.83. The molecule has 5 rings (SSSR count). The Kier molecular flexibility index (Phi) is 8.13. The number of aryl methyl sites for hydroxylation is 2. The first-order chi connectivity index (χ1) is 20.6. The van der Waals surface area contributed by atoms with Gasteiger partial charge in [-0.15, -0.1) is 5.10 Å². The van der Waals surface area contributed by atoms with E-state index in [1.165, 1.54) is 12.1 Å². The third-order valence-corrected chi connectivity index (χ3v) is 8.02. The molecule has 44 heavy (non-hydrogen) atoms. The van der Waals surface area contributed by atoms with Gasteiger partial charge in [0.15, 0.2) is 0 Å². The quantitative estimate of drug-likeness (QED) is 0.257. The maximum atomic E-state index is 14.1. The van der Waals surface area contributed by atoms with Gasteiger partial charge in [-0.25, -0.2) is 13.9 Å². The van der Waals surface area contributed by atoms with E-state index in [1.54, 1.807) is 16.8 Å². The maximum absolute atomic E-state index is 14.1. The Morgan fingerprint density at radius 2 is 1.68 bits per heavy atom. The van der Waals surface area contributed by atoms with Crippen LogP contribution in [0.5, 0.6) is 0 Å². The monoisotopic (exact) mass is 600 g/mol. The van der Waals surface area contributed by atoms with Crippen LogP contribution in [0.3, 0.4) is 0 Å². The Balaban J connectivity index is 1.38. The van der Waals surface area contributed by atoms with Crippen LogP contribution in [0.15, 0.2) is 54.7 Å². The van der Waals surface area contributed by atoms with E-state index in [0.717, 1.165) is 22.6 Å². The Labute approximate surface area is 258 Å². The summed E-state index contributed by atoms with van der Waals surface area (Å²) in [7, 11) is 0. The molecule has 10 heteroatoms. The predicted molar refractivity (Wildman–Crippen MR) is 168 cm³/mol. The SMILES string of the molecule is Cc1ccc(C(=O)N2CCN(c3ccc(F)cc3)CC2(C)C)c(-n2cc(Cn3c(C)cc(C(=O)OC(C)(C)C)c3C)nn2)c1. The number of halogens is 1. The van der Waals surface area contributed by atoms with Crippen molar-refractivity contribution >= 4 is 17.6 Å². The highest BCUT2D eigenvalue weighted by atomic mass is 19.1. The molecule has 9 nitrogen and oxygen atoms in total. The lowest BCUT2D eigenvalue weighted by molar-refractivity contribution is 0.00683. The van der Waals surface area contributed by atoms with E-state index in [9.17, 15) is 14.0 Å². The fourth-order valence-electron chi connectivity index (χ4n) is 5.80. The summed E-state index contributed by atoms with van der Waals surface area (Å²) in [5, 5.41) is 8.83. The molecule has 0 aliphatic carbocycles. The van der Waals surface area contributed by atoms with E-state index in [2.05, 4.69) is 29.1 Å². The smallest absolute Gasteiger partial charge is 0.340 e. The highest BCUT2D eigenvalue weighted by molar-refractivity contribution is 5.98. The van der Waals surface area contributed by atoms with E-state index in [1.807, 2.05) is 81.5 Å². The van der Waals surface area contributed by atoms with Crippen LogP contribution in [0.4, 0.5) is 10.1 Å². The van der Waals surface area contributed by atoms with Crippen molar-refractivity contribution in [2.45, 2.75) is 73.1 Å². The largest absolute Gasteiger partial charge is 0.456 e. The second kappa shape index (κ2) is 11.6. The van der Waals surface area contributed by atoms with Crippen molar-refractivity contribution in [3.05, 3.63) is 94.3 Å². The summed E-state index contributed by atoms with van der Waals surface area (Å²) >= 11 is 0. The van der Waals surface area contributed by atoms with Crippen LogP contribution in [0.2, 0.25) is 0 Å². The van der Waals surface area contributed by atoms with E-state index in [4.69, 9.17) is 4.74 Å². The van der Waals surface area contributed by atoms with Gasteiger partial charge >= 0.3 is 5.97 Å². The van der Waals surface area contributed by atoms with Crippen molar-refractivity contribution in [2.75, 3.05) is 24.5 Å². The van der Waals surface area contributed by atoms with Crippen LogP contribution in [0.25, 0.3) is 5.69 Å². The predicted octanol–water partition coefficient (Wildman–Crippen LogP) is 5.88. The van der Waals surface area contributed by atoms with Crippen molar-refractivity contribution < 1.29 is 18.7 Å². The van der Waals surface area contributed by atoms with Crippen LogP contribution in [0, 0.1) is 26.6 Å². The molecule has 0 N–H and O–H groups in total. The second-order valence-electron chi connectivity index (χ2n) is 13.2. The fourth-order valence-corrected chi connectivity index (χ4v) is 5.80. The number of benzene rings is 2. The van der Waals surface area contributed by atoms with Gasteiger partial charge < -0.3 is 19.1 Å². The molecule has 0 saturated carbocycles. The Morgan fingerprint density at radius 3 is 2.34 bits per heavy atom. The maximum Gasteiger partial charge on any atom is 0.340 e. The van der Waals surface area contributed by atoms with Crippen molar-refractivity contribution in [3.63, 3.8) is 0 Å². The molecule has 0 atom stereocenters. The molecule has 2 aromatic carbocycles. The minimum atomic E-state index is -0.587. The average Bonchev–Trinajstić information content (AvgIpc) is 3.52. The number of nitrogens with zero attached hydrogens (tertiary/aromatic N) is 6. The molecule has 1 aliphatic heterocycles. The molecule has 1 aliphatic rings. The first-order valence-corrected chi connectivity index (χ1v) is 14.9. The molecule has 1 saturated heterocycles. The zero-order chi connectivity index (χ0) is 32.0. The first kappa shape index (κ1) is 31.0. The van der Waals surface area contributed by atoms with E-state index < -0.39 is 11.1 Å². The molecular weight excluding hydrogens is 559 g/mol. The van der Waals surface area contributed by atoms with Gasteiger partial charge in [0.1, 0.15) is 17.1 Å². The second-order valence-corrected chi connectivity index (χ2v) is 13.2. The number of aromatic nitrogens is 4. The highest BCUT2D eigenvalue weighted by Crippen LogP contribution is 2.29. The summed E-state index contributed by atoms with van der Waals surface area (Å²) in [6.45, 7) is 17.6. The number of rotatable bonds is 6. The summed E-state index contributed by atoms with van der Waals surface area (Å²) in [6, 6.07) is 14.0. The van der Waals surface area contributed by atoms with E-state index in [0.29, 0.717) is 48.7 Å². The number of amides is 1. The molecule has 232 valence electrons. The molecule has 3 heterocycles. The van der Waals surface area contributed by atoms with E-state index in [-0.39, 0.29) is 17.7 Å². The normalized spacial score (nSPS) is 15.0. The molecular formula is C34H41FN6O3. The molecule has 0 radical (unpaired) electrons. The van der Waals surface area contributed by atoms with Crippen LogP contribution in [-0.2, 0) is 11.3 Å². The molecule has 4 aromatic rings. The topological polar surface area (TPSA) is 85.5 Å². The number of esters is 1. The lowest BCUT2D eigenvalue weighted by Crippen LogP contribution is -2.61. The van der Waals surface area contributed by atoms with Gasteiger partial charge in [0.2, 0.25) is 0 Å². The van der Waals surface area contributed by atoms with Crippen LogP contribution in [0.1, 0.15) is 78.0 Å². The van der Waals surface area contributed by atoms with Crippen LogP contribution in [-0.4, -0.2) is 67.1 Å². The molecule has 0 bridgehead atoms. The minimum absolute atomic E-state index is 0.0834. The number of ether oxygens (including phenoxy) is 1. The van der Waals surface area contributed by atoms with Crippen molar-refractivity contribution in [3.8, 4) is 5.69 Å². The Hall–Kier alpha value is -4.47. The summed E-state index contributed by atoms with van der Waals surface area (Å²) in [4.78, 5) is 31.0. The van der Waals surface area contributed by atoms with Gasteiger partial charge in [-0.3, -0.25) is 4.79 Å². The average molecular weight is 601 g/mol. The number of hydrogen-bond acceptors (Lipinski definition) is 6. The Morgan fingerprint density at radius 1 is 0.977 bits per heavy atom. The lowest BCUT2D eigenvalue weighted by Gasteiger charge is -2.48. The highest BCUT2D eigenvalue weighted by Gasteiger charge is 2.38. The zero-order valence-electron chi connectivity index (χ0n) is 26.8. The molecule has 1 amide bonds. The summed E-state index contributed by atoms with van der Waals surface area (Å²) in [5.41, 5.74) is 4.97. The van der Waals surface area contributed by atoms with Gasteiger partial charge in [-0.05, 0) is 103 Å². The zero-order valence-corrected chi connectivity index (χ0v) is 26.8. The number of carbonyl (C=O) groups is 2. The number of anilines is 1. The third kappa shape index (κ3) is 6.39. The molecule has 1 fully saturated rings. The van der Waals surface area contributed by atoms with Crippen molar-refractivity contribution in [2.24, 2.45) is 0 Å². The first-order valence-electron chi connectivity index (χ1n) is 14.9. The summed E-state index contributed by atoms with van der Waals surface area (Å²) < 4.78 is 22.8. The van der Waals surface area contributed by atoms with Gasteiger partial charge in [-0.2, -0.15) is 0 Å². The molecule has 0 spiro atoms. The van der Waals surface area contributed by atoms with Gasteiger partial charge in [0.05, 0.1) is 35.1 Å². The van der Waals surface area contributed by atoms with Gasteiger partial charge in [-0.1, -0.05) is 11.3 Å². The van der Waals surface area contributed by atoms with Crippen LogP contribution >= 0.6 is 0 Å². The third-order valence-electron chi connectivity index (χ3n) is 8.02. The summed E-state index contributed by atoms with van der Waals surface area (Å²) in [5.74, 6) is -0.709. The van der Waals surface area contributed by atoms with Crippen molar-refractivity contribution in [1.29, 1.82) is 0 Å². The van der Waals surface area contributed by atoms with Gasteiger partial charge in [0.25, 0.3) is 5.91 Å². The molecule has 2 aromatic heterocycles. The number of hydrogen-bond donors (Lipinski definition) is 0. The van der Waals surface area contributed by atoms with Gasteiger partial charge in [0, 0.05) is 36.7 Å². The minimum Gasteiger partial charge on any atom is -0.456 e. The van der Waals surface area contributed by atoms with E-state index >= 15 is 0 Å². The van der Waals surface area contributed by atoms with Crippen molar-refractivity contribution in [1.82, 2.24) is 24.5 Å². The number of piperazine rings is 1. The molecule has 0 unspecified atom stereocenters.